The van der Waals surface area contributed by atoms with E-state index in [-0.39, 0.29) is 17.3 Å². The first-order valence-corrected chi connectivity index (χ1v) is 5.40. The van der Waals surface area contributed by atoms with Gasteiger partial charge >= 0.3 is 0 Å². The zero-order valence-corrected chi connectivity index (χ0v) is 9.78. The minimum atomic E-state index is -0.563. The van der Waals surface area contributed by atoms with E-state index < -0.39 is 11.9 Å². The van der Waals surface area contributed by atoms with Crippen LogP contribution in [0.2, 0.25) is 5.02 Å². The lowest BCUT2D eigenvalue weighted by Gasteiger charge is -1.98. The molecule has 0 aliphatic rings. The van der Waals surface area contributed by atoms with Crippen LogP contribution in [0.15, 0.2) is 22.7 Å². The van der Waals surface area contributed by atoms with Crippen LogP contribution < -0.4 is 0 Å². The van der Waals surface area contributed by atoms with Gasteiger partial charge in [0.15, 0.2) is 0 Å². The lowest BCUT2D eigenvalue weighted by Crippen LogP contribution is -2.04. The van der Waals surface area contributed by atoms with Crippen LogP contribution in [0.3, 0.4) is 0 Å². The fraction of sp³-hybridized carbons (Fsp3) is 0.273. The Kier molecular flexibility index (Phi) is 3.40. The van der Waals surface area contributed by atoms with Crippen LogP contribution in [-0.4, -0.2) is 21.4 Å². The summed E-state index contributed by atoms with van der Waals surface area (Å²) in [5, 5.41) is 13.1. The summed E-state index contributed by atoms with van der Waals surface area (Å²) in [7, 11) is 0. The van der Waals surface area contributed by atoms with Crippen molar-refractivity contribution in [3.63, 3.8) is 0 Å². The molecule has 0 saturated carbocycles. The van der Waals surface area contributed by atoms with Crippen molar-refractivity contribution < 1.29 is 14.0 Å². The van der Waals surface area contributed by atoms with Crippen LogP contribution in [0.25, 0.3) is 11.4 Å². The van der Waals surface area contributed by atoms with Crippen LogP contribution in [-0.2, 0) is 6.42 Å². The van der Waals surface area contributed by atoms with Crippen molar-refractivity contribution >= 4 is 11.6 Å². The highest BCUT2D eigenvalue weighted by Crippen LogP contribution is 2.26. The normalized spacial score (nSPS) is 12.7. The zero-order valence-electron chi connectivity index (χ0n) is 9.02. The Morgan fingerprint density at radius 1 is 1.53 bits per heavy atom. The zero-order chi connectivity index (χ0) is 12.4. The van der Waals surface area contributed by atoms with Gasteiger partial charge in [-0.2, -0.15) is 4.98 Å². The summed E-state index contributed by atoms with van der Waals surface area (Å²) in [6.07, 6.45) is -0.293. The third kappa shape index (κ3) is 2.81. The third-order valence-corrected chi connectivity index (χ3v) is 2.42. The number of halogens is 2. The summed E-state index contributed by atoms with van der Waals surface area (Å²) in [5.74, 6) is 0.174. The van der Waals surface area contributed by atoms with E-state index in [1.165, 1.54) is 18.2 Å². The van der Waals surface area contributed by atoms with Gasteiger partial charge in [0.05, 0.1) is 17.5 Å². The molecule has 0 saturated heterocycles. The van der Waals surface area contributed by atoms with Gasteiger partial charge in [-0.25, -0.2) is 4.39 Å². The number of aromatic nitrogens is 2. The van der Waals surface area contributed by atoms with Crippen molar-refractivity contribution in [2.24, 2.45) is 0 Å². The predicted molar refractivity (Wildman–Crippen MR) is 60.1 cm³/mol. The molecule has 4 nitrogen and oxygen atoms in total. The first-order valence-electron chi connectivity index (χ1n) is 5.02. The lowest BCUT2D eigenvalue weighted by atomic mass is 10.2. The van der Waals surface area contributed by atoms with Gasteiger partial charge in [-0.1, -0.05) is 16.8 Å². The van der Waals surface area contributed by atoms with E-state index in [0.717, 1.165) is 0 Å². The van der Waals surface area contributed by atoms with Gasteiger partial charge < -0.3 is 9.63 Å². The van der Waals surface area contributed by atoms with Crippen molar-refractivity contribution in [2.75, 3.05) is 0 Å². The van der Waals surface area contributed by atoms with E-state index in [4.69, 9.17) is 16.1 Å². The predicted octanol–water partition coefficient (Wildman–Crippen LogP) is 2.45. The topological polar surface area (TPSA) is 59.2 Å². The Labute approximate surface area is 102 Å². The highest BCUT2D eigenvalue weighted by Gasteiger charge is 2.13. The van der Waals surface area contributed by atoms with Crippen LogP contribution in [0.4, 0.5) is 4.39 Å². The Balaban J connectivity index is 2.30. The van der Waals surface area contributed by atoms with Gasteiger partial charge in [-0.15, -0.1) is 0 Å². The average molecular weight is 257 g/mol. The highest BCUT2D eigenvalue weighted by atomic mass is 35.5. The second-order valence-electron chi connectivity index (χ2n) is 3.69. The Hall–Kier alpha value is -1.46. The van der Waals surface area contributed by atoms with Crippen molar-refractivity contribution in [1.29, 1.82) is 0 Å². The first-order chi connectivity index (χ1) is 8.06. The number of aliphatic hydroxyl groups excluding tert-OH is 1. The van der Waals surface area contributed by atoms with E-state index in [9.17, 15) is 9.50 Å². The number of aliphatic hydroxyl groups is 1. The maximum atomic E-state index is 12.9. The molecule has 17 heavy (non-hydrogen) atoms. The number of rotatable bonds is 3. The summed E-state index contributed by atoms with van der Waals surface area (Å²) < 4.78 is 17.8. The molecular formula is C11H10ClFN2O2. The SMILES string of the molecule is CC(O)Cc1nc(-c2ccc(F)cc2Cl)no1. The Morgan fingerprint density at radius 2 is 2.29 bits per heavy atom. The molecule has 0 aliphatic heterocycles. The number of benzene rings is 1. The van der Waals surface area contributed by atoms with Crippen LogP contribution in [0, 0.1) is 5.82 Å². The second kappa shape index (κ2) is 4.81. The molecule has 0 radical (unpaired) electrons. The molecule has 2 rings (SSSR count). The third-order valence-electron chi connectivity index (χ3n) is 2.11. The fourth-order valence-electron chi connectivity index (χ4n) is 1.37. The maximum absolute atomic E-state index is 12.9. The molecule has 0 amide bonds. The van der Waals surface area contributed by atoms with E-state index in [1.807, 2.05) is 0 Å². The van der Waals surface area contributed by atoms with E-state index >= 15 is 0 Å². The number of nitrogens with zero attached hydrogens (tertiary/aromatic N) is 2. The van der Waals surface area contributed by atoms with E-state index in [2.05, 4.69) is 10.1 Å². The van der Waals surface area contributed by atoms with Crippen LogP contribution in [0.5, 0.6) is 0 Å². The van der Waals surface area contributed by atoms with Gasteiger partial charge in [0.2, 0.25) is 11.7 Å². The molecule has 0 bridgehead atoms. The molecule has 6 heteroatoms. The molecule has 1 atom stereocenters. The van der Waals surface area contributed by atoms with Gasteiger partial charge in [0, 0.05) is 5.56 Å². The smallest absolute Gasteiger partial charge is 0.229 e. The summed E-state index contributed by atoms with van der Waals surface area (Å²) in [5.41, 5.74) is 0.494. The van der Waals surface area contributed by atoms with Crippen molar-refractivity contribution in [1.82, 2.24) is 10.1 Å². The molecular weight excluding hydrogens is 247 g/mol. The minimum Gasteiger partial charge on any atom is -0.393 e. The highest BCUT2D eigenvalue weighted by molar-refractivity contribution is 6.33. The van der Waals surface area contributed by atoms with Crippen molar-refractivity contribution in [3.8, 4) is 11.4 Å². The van der Waals surface area contributed by atoms with Gasteiger partial charge in [-0.05, 0) is 25.1 Å². The molecule has 0 fully saturated rings. The van der Waals surface area contributed by atoms with Crippen molar-refractivity contribution in [3.05, 3.63) is 34.9 Å². The molecule has 1 aromatic carbocycles. The number of hydrogen-bond acceptors (Lipinski definition) is 4. The van der Waals surface area contributed by atoms with E-state index in [1.54, 1.807) is 6.92 Å². The molecule has 1 unspecified atom stereocenters. The summed E-state index contributed by atoms with van der Waals surface area (Å²) in [4.78, 5) is 4.07. The summed E-state index contributed by atoms with van der Waals surface area (Å²) in [6.45, 7) is 1.62. The van der Waals surface area contributed by atoms with E-state index in [0.29, 0.717) is 11.5 Å². The van der Waals surface area contributed by atoms with Gasteiger partial charge in [0.25, 0.3) is 0 Å². The monoisotopic (exact) mass is 256 g/mol. The fourth-order valence-corrected chi connectivity index (χ4v) is 1.62. The standard InChI is InChI=1S/C11H10ClFN2O2/c1-6(16)4-10-14-11(15-17-10)8-3-2-7(13)5-9(8)12/h2-3,5-6,16H,4H2,1H3. The van der Waals surface area contributed by atoms with Crippen LogP contribution in [0.1, 0.15) is 12.8 Å². The summed E-state index contributed by atoms with van der Waals surface area (Å²) >= 11 is 5.87. The number of hydrogen-bond donors (Lipinski definition) is 1. The summed E-state index contributed by atoms with van der Waals surface area (Å²) in [6, 6.07) is 3.93. The molecule has 1 N–H and O–H groups in total. The quantitative estimate of drug-likeness (QED) is 0.916. The first kappa shape index (κ1) is 12.0. The molecule has 90 valence electrons. The maximum Gasteiger partial charge on any atom is 0.229 e. The molecule has 1 heterocycles. The van der Waals surface area contributed by atoms with Gasteiger partial charge in [-0.3, -0.25) is 0 Å². The Morgan fingerprint density at radius 3 is 2.94 bits per heavy atom. The molecule has 0 spiro atoms. The van der Waals surface area contributed by atoms with Crippen LogP contribution >= 0.6 is 11.6 Å². The lowest BCUT2D eigenvalue weighted by molar-refractivity contribution is 0.181. The van der Waals surface area contributed by atoms with Crippen molar-refractivity contribution in [2.45, 2.75) is 19.4 Å². The van der Waals surface area contributed by atoms with Gasteiger partial charge in [0.1, 0.15) is 5.82 Å². The second-order valence-corrected chi connectivity index (χ2v) is 4.10. The largest absolute Gasteiger partial charge is 0.393 e. The Bertz CT molecular complexity index is 528. The average Bonchev–Trinajstić information content (AvgIpc) is 2.65. The molecule has 2 aromatic rings. The molecule has 0 aliphatic carbocycles. The minimum absolute atomic E-state index is 0.217. The molecule has 1 aromatic heterocycles.